The van der Waals surface area contributed by atoms with E-state index >= 15 is 0 Å². The SMILES string of the molecule is CC(=O)NCC#Cc1cc(F)cc(Cl)c1O. The van der Waals surface area contributed by atoms with Crippen LogP contribution in [0.4, 0.5) is 4.39 Å². The number of phenolic OH excluding ortho intramolecular Hbond substituents is 1. The average Bonchev–Trinajstić information content (AvgIpc) is 2.19. The molecule has 0 atom stereocenters. The Hall–Kier alpha value is -1.73. The summed E-state index contributed by atoms with van der Waals surface area (Å²) in [6.07, 6.45) is 0. The van der Waals surface area contributed by atoms with Crippen LogP contribution in [0.3, 0.4) is 0 Å². The Morgan fingerprint density at radius 1 is 1.62 bits per heavy atom. The molecule has 0 aromatic heterocycles. The van der Waals surface area contributed by atoms with Crippen molar-refractivity contribution < 1.29 is 14.3 Å². The number of rotatable bonds is 1. The quantitative estimate of drug-likeness (QED) is 0.735. The molecule has 0 fully saturated rings. The lowest BCUT2D eigenvalue weighted by molar-refractivity contribution is -0.118. The zero-order valence-corrected chi connectivity index (χ0v) is 9.23. The Bertz CT molecular complexity index is 477. The number of hydrogen-bond donors (Lipinski definition) is 2. The maximum atomic E-state index is 12.9. The molecular weight excluding hydrogens is 233 g/mol. The molecule has 0 aliphatic heterocycles. The number of halogens is 2. The molecule has 1 aromatic carbocycles. The van der Waals surface area contributed by atoms with Gasteiger partial charge in [-0.3, -0.25) is 4.79 Å². The summed E-state index contributed by atoms with van der Waals surface area (Å²) in [4.78, 5) is 10.5. The van der Waals surface area contributed by atoms with Gasteiger partial charge in [-0.15, -0.1) is 0 Å². The molecule has 3 nitrogen and oxygen atoms in total. The molecule has 1 rings (SSSR count). The number of nitrogens with one attached hydrogen (secondary N) is 1. The van der Waals surface area contributed by atoms with Gasteiger partial charge in [0.05, 0.1) is 17.1 Å². The number of benzene rings is 1. The van der Waals surface area contributed by atoms with Crippen molar-refractivity contribution in [2.24, 2.45) is 0 Å². The second-order valence-electron chi connectivity index (χ2n) is 3.00. The third-order valence-corrected chi connectivity index (χ3v) is 1.97. The molecule has 0 radical (unpaired) electrons. The molecule has 16 heavy (non-hydrogen) atoms. The number of hydrogen-bond acceptors (Lipinski definition) is 2. The van der Waals surface area contributed by atoms with E-state index in [0.29, 0.717) is 0 Å². The Morgan fingerprint density at radius 3 is 2.94 bits per heavy atom. The Balaban J connectivity index is 2.84. The second-order valence-corrected chi connectivity index (χ2v) is 3.40. The number of carbonyl (C=O) groups excluding carboxylic acids is 1. The number of amides is 1. The number of carbonyl (C=O) groups is 1. The Labute approximate surface area is 97.2 Å². The van der Waals surface area contributed by atoms with Crippen LogP contribution in [0.5, 0.6) is 5.75 Å². The van der Waals surface area contributed by atoms with Gasteiger partial charge in [0.2, 0.25) is 5.91 Å². The highest BCUT2D eigenvalue weighted by atomic mass is 35.5. The van der Waals surface area contributed by atoms with Crippen LogP contribution in [-0.2, 0) is 4.79 Å². The van der Waals surface area contributed by atoms with Crippen LogP contribution in [0.2, 0.25) is 5.02 Å². The Morgan fingerprint density at radius 2 is 2.31 bits per heavy atom. The smallest absolute Gasteiger partial charge is 0.217 e. The number of aromatic hydroxyl groups is 1. The van der Waals surface area contributed by atoms with Gasteiger partial charge < -0.3 is 10.4 Å². The van der Waals surface area contributed by atoms with Gasteiger partial charge in [0.25, 0.3) is 0 Å². The van der Waals surface area contributed by atoms with Gasteiger partial charge in [-0.1, -0.05) is 23.4 Å². The fourth-order valence-electron chi connectivity index (χ4n) is 0.969. The first-order valence-electron chi connectivity index (χ1n) is 4.42. The lowest BCUT2D eigenvalue weighted by atomic mass is 10.2. The summed E-state index contributed by atoms with van der Waals surface area (Å²) < 4.78 is 12.9. The van der Waals surface area contributed by atoms with E-state index in [2.05, 4.69) is 17.2 Å². The zero-order valence-electron chi connectivity index (χ0n) is 8.47. The minimum Gasteiger partial charge on any atom is -0.505 e. The predicted molar refractivity (Wildman–Crippen MR) is 58.6 cm³/mol. The van der Waals surface area contributed by atoms with Crippen LogP contribution >= 0.6 is 11.6 Å². The van der Waals surface area contributed by atoms with E-state index in [1.54, 1.807) is 0 Å². The third kappa shape index (κ3) is 3.44. The topological polar surface area (TPSA) is 49.3 Å². The highest BCUT2D eigenvalue weighted by Crippen LogP contribution is 2.27. The molecule has 0 spiro atoms. The van der Waals surface area contributed by atoms with Crippen LogP contribution in [0.15, 0.2) is 12.1 Å². The molecular formula is C11H9ClFNO2. The van der Waals surface area contributed by atoms with Crippen molar-refractivity contribution in [3.05, 3.63) is 28.5 Å². The third-order valence-electron chi connectivity index (χ3n) is 1.68. The van der Waals surface area contributed by atoms with Gasteiger partial charge >= 0.3 is 0 Å². The van der Waals surface area contributed by atoms with Gasteiger partial charge in [0.1, 0.15) is 11.6 Å². The van der Waals surface area contributed by atoms with Crippen LogP contribution < -0.4 is 5.32 Å². The summed E-state index contributed by atoms with van der Waals surface area (Å²) in [6.45, 7) is 1.49. The average molecular weight is 242 g/mol. The molecule has 0 saturated heterocycles. The van der Waals surface area contributed by atoms with Gasteiger partial charge in [-0.05, 0) is 12.1 Å². The maximum Gasteiger partial charge on any atom is 0.217 e. The van der Waals surface area contributed by atoms with Crippen LogP contribution in [0.25, 0.3) is 0 Å². The van der Waals surface area contributed by atoms with E-state index in [1.807, 2.05) is 0 Å². The van der Waals surface area contributed by atoms with Gasteiger partial charge in [0, 0.05) is 6.92 Å². The summed E-state index contributed by atoms with van der Waals surface area (Å²) in [6, 6.07) is 2.07. The van der Waals surface area contributed by atoms with Gasteiger partial charge in [0.15, 0.2) is 0 Å². The molecule has 0 aliphatic rings. The van der Waals surface area contributed by atoms with E-state index < -0.39 is 5.82 Å². The lowest BCUT2D eigenvalue weighted by Crippen LogP contribution is -2.19. The molecule has 1 aromatic rings. The van der Waals surface area contributed by atoms with Crippen molar-refractivity contribution in [1.82, 2.24) is 5.32 Å². The van der Waals surface area contributed by atoms with Gasteiger partial charge in [-0.25, -0.2) is 4.39 Å². The highest BCUT2D eigenvalue weighted by Gasteiger charge is 2.05. The van der Waals surface area contributed by atoms with E-state index in [4.69, 9.17) is 11.6 Å². The summed E-state index contributed by atoms with van der Waals surface area (Å²) in [7, 11) is 0. The minimum atomic E-state index is -0.577. The molecule has 0 heterocycles. The lowest BCUT2D eigenvalue weighted by Gasteiger charge is -1.99. The van der Waals surface area contributed by atoms with E-state index in [9.17, 15) is 14.3 Å². The van der Waals surface area contributed by atoms with Gasteiger partial charge in [-0.2, -0.15) is 0 Å². The second kappa shape index (κ2) is 5.38. The van der Waals surface area contributed by atoms with E-state index in [1.165, 1.54) is 6.92 Å². The van der Waals surface area contributed by atoms with Crippen LogP contribution in [-0.4, -0.2) is 17.6 Å². The van der Waals surface area contributed by atoms with Crippen molar-refractivity contribution in [1.29, 1.82) is 0 Å². The predicted octanol–water partition coefficient (Wildman–Crippen LogP) is 1.67. The summed E-state index contributed by atoms with van der Waals surface area (Å²) in [5, 5.41) is 11.8. The first-order valence-corrected chi connectivity index (χ1v) is 4.80. The monoisotopic (exact) mass is 241 g/mol. The van der Waals surface area contributed by atoms with Crippen molar-refractivity contribution in [2.75, 3.05) is 6.54 Å². The van der Waals surface area contributed by atoms with Crippen molar-refractivity contribution in [2.45, 2.75) is 6.92 Å². The fraction of sp³-hybridized carbons (Fsp3) is 0.182. The molecule has 0 aliphatic carbocycles. The highest BCUT2D eigenvalue weighted by molar-refractivity contribution is 6.32. The van der Waals surface area contributed by atoms with Crippen molar-refractivity contribution in [3.63, 3.8) is 0 Å². The molecule has 5 heteroatoms. The maximum absolute atomic E-state index is 12.9. The molecule has 0 bridgehead atoms. The van der Waals surface area contributed by atoms with Crippen LogP contribution in [0.1, 0.15) is 12.5 Å². The fourth-order valence-corrected chi connectivity index (χ4v) is 1.18. The molecule has 1 amide bonds. The number of phenols is 1. The normalized spacial score (nSPS) is 9.19. The first kappa shape index (κ1) is 12.3. The van der Waals surface area contributed by atoms with E-state index in [0.717, 1.165) is 12.1 Å². The largest absolute Gasteiger partial charge is 0.505 e. The molecule has 0 unspecified atom stereocenters. The van der Waals surface area contributed by atoms with Crippen molar-refractivity contribution in [3.8, 4) is 17.6 Å². The zero-order chi connectivity index (χ0) is 12.1. The van der Waals surface area contributed by atoms with E-state index in [-0.39, 0.29) is 28.8 Å². The Kier molecular flexibility index (Phi) is 4.15. The minimum absolute atomic E-state index is 0.0929. The van der Waals surface area contributed by atoms with Crippen LogP contribution in [0, 0.1) is 17.7 Å². The molecule has 2 N–H and O–H groups in total. The first-order chi connectivity index (χ1) is 7.50. The molecule has 84 valence electrons. The standard InChI is InChI=1S/C11H9ClFNO2/c1-7(15)14-4-2-3-8-5-9(13)6-10(12)11(8)16/h5-6,16H,4H2,1H3,(H,14,15). The van der Waals surface area contributed by atoms with Crippen molar-refractivity contribution >= 4 is 17.5 Å². The summed E-state index contributed by atoms with van der Waals surface area (Å²) in [5.74, 6) is 4.02. The summed E-state index contributed by atoms with van der Waals surface area (Å²) in [5.41, 5.74) is 0.0929. The summed E-state index contributed by atoms with van der Waals surface area (Å²) >= 11 is 5.55. The molecule has 0 saturated carbocycles.